The van der Waals surface area contributed by atoms with Gasteiger partial charge in [0.1, 0.15) is 5.82 Å². The first-order chi connectivity index (χ1) is 9.63. The van der Waals surface area contributed by atoms with Crippen molar-refractivity contribution >= 4 is 34.4 Å². The van der Waals surface area contributed by atoms with Gasteiger partial charge in [0.2, 0.25) is 5.95 Å². The quantitative estimate of drug-likeness (QED) is 0.507. The number of nitrogen functional groups attached to an aromatic ring is 2. The van der Waals surface area contributed by atoms with Crippen LogP contribution in [-0.2, 0) is 0 Å². The highest BCUT2D eigenvalue weighted by Crippen LogP contribution is 2.19. The Hall–Kier alpha value is -3.16. The molecule has 2 aromatic heterocycles. The summed E-state index contributed by atoms with van der Waals surface area (Å²) in [7, 11) is 0. The number of benzene rings is 1. The van der Waals surface area contributed by atoms with E-state index in [9.17, 15) is 4.79 Å². The van der Waals surface area contributed by atoms with Crippen LogP contribution in [0.1, 0.15) is 10.4 Å². The van der Waals surface area contributed by atoms with Crippen LogP contribution in [0.4, 0.5) is 17.5 Å². The fourth-order valence-electron chi connectivity index (χ4n) is 1.76. The zero-order chi connectivity index (χ0) is 14.1. The van der Waals surface area contributed by atoms with E-state index in [-0.39, 0.29) is 11.9 Å². The third-order valence-electron chi connectivity index (χ3n) is 2.73. The van der Waals surface area contributed by atoms with E-state index in [0.29, 0.717) is 28.1 Å². The molecule has 0 saturated carbocycles. The smallest absolute Gasteiger partial charge is 0.256 e. The standard InChI is InChI=1S/C12H11N7O/c13-7-3-1-6(2-4-7)11(20)16-9-8-5-15-19-10(8)18-12(14)17-9/h1-5H,13H2,(H4,14,15,16,17,18,19,20). The zero-order valence-corrected chi connectivity index (χ0v) is 10.3. The number of nitrogens with one attached hydrogen (secondary N) is 2. The molecule has 0 saturated heterocycles. The van der Waals surface area contributed by atoms with Crippen molar-refractivity contribution in [3.05, 3.63) is 36.0 Å². The summed E-state index contributed by atoms with van der Waals surface area (Å²) in [5, 5.41) is 9.78. The summed E-state index contributed by atoms with van der Waals surface area (Å²) in [5.41, 5.74) is 12.7. The molecule has 0 atom stereocenters. The monoisotopic (exact) mass is 269 g/mol. The van der Waals surface area contributed by atoms with Gasteiger partial charge in [-0.15, -0.1) is 0 Å². The minimum absolute atomic E-state index is 0.0503. The topological polar surface area (TPSA) is 136 Å². The highest BCUT2D eigenvalue weighted by Gasteiger charge is 2.12. The SMILES string of the molecule is Nc1ccc(C(=O)Nc2nc(N)nc3[nH]ncc23)cc1. The number of carbonyl (C=O) groups excluding carboxylic acids is 1. The van der Waals surface area contributed by atoms with Crippen molar-refractivity contribution in [1.82, 2.24) is 20.2 Å². The third-order valence-corrected chi connectivity index (χ3v) is 2.73. The Morgan fingerprint density at radius 3 is 2.65 bits per heavy atom. The van der Waals surface area contributed by atoms with Crippen molar-refractivity contribution in [1.29, 1.82) is 0 Å². The number of nitrogens with zero attached hydrogens (tertiary/aromatic N) is 3. The number of fused-ring (bicyclic) bond motifs is 1. The van der Waals surface area contributed by atoms with E-state index in [0.717, 1.165) is 0 Å². The third kappa shape index (κ3) is 2.09. The Bertz CT molecular complexity index is 778. The maximum Gasteiger partial charge on any atom is 0.256 e. The van der Waals surface area contributed by atoms with Crippen molar-refractivity contribution in [3.63, 3.8) is 0 Å². The summed E-state index contributed by atoms with van der Waals surface area (Å²) in [4.78, 5) is 20.1. The van der Waals surface area contributed by atoms with Gasteiger partial charge in [0.15, 0.2) is 5.65 Å². The van der Waals surface area contributed by atoms with Crippen molar-refractivity contribution in [2.45, 2.75) is 0 Å². The van der Waals surface area contributed by atoms with Gasteiger partial charge in [0.25, 0.3) is 5.91 Å². The van der Waals surface area contributed by atoms with E-state index < -0.39 is 0 Å². The van der Waals surface area contributed by atoms with E-state index >= 15 is 0 Å². The number of H-pyrrole nitrogens is 1. The van der Waals surface area contributed by atoms with Gasteiger partial charge in [-0.1, -0.05) is 0 Å². The summed E-state index contributed by atoms with van der Waals surface area (Å²) in [6.45, 7) is 0. The second kappa shape index (κ2) is 4.50. The molecule has 8 heteroatoms. The second-order valence-electron chi connectivity index (χ2n) is 4.14. The van der Waals surface area contributed by atoms with Gasteiger partial charge in [0.05, 0.1) is 11.6 Å². The van der Waals surface area contributed by atoms with E-state index in [1.165, 1.54) is 6.20 Å². The van der Waals surface area contributed by atoms with Crippen LogP contribution in [0.25, 0.3) is 11.0 Å². The van der Waals surface area contributed by atoms with Crippen LogP contribution in [0, 0.1) is 0 Å². The Kier molecular flexibility index (Phi) is 2.68. The van der Waals surface area contributed by atoms with E-state index in [4.69, 9.17) is 11.5 Å². The molecule has 3 rings (SSSR count). The molecule has 0 spiro atoms. The summed E-state index contributed by atoms with van der Waals surface area (Å²) in [6, 6.07) is 6.55. The number of aromatic amines is 1. The number of hydrogen-bond donors (Lipinski definition) is 4. The molecule has 0 fully saturated rings. The predicted octanol–water partition coefficient (Wildman–Crippen LogP) is 0.770. The summed E-state index contributed by atoms with van der Waals surface area (Å²) >= 11 is 0. The van der Waals surface area contributed by atoms with Crippen molar-refractivity contribution < 1.29 is 4.79 Å². The van der Waals surface area contributed by atoms with Crippen molar-refractivity contribution in [2.75, 3.05) is 16.8 Å². The number of rotatable bonds is 2. The molecule has 3 aromatic rings. The molecule has 1 aromatic carbocycles. The minimum Gasteiger partial charge on any atom is -0.399 e. The second-order valence-corrected chi connectivity index (χ2v) is 4.14. The van der Waals surface area contributed by atoms with Crippen molar-refractivity contribution in [3.8, 4) is 0 Å². The van der Waals surface area contributed by atoms with Crippen LogP contribution < -0.4 is 16.8 Å². The molecule has 8 nitrogen and oxygen atoms in total. The van der Waals surface area contributed by atoms with Crippen LogP contribution in [0.3, 0.4) is 0 Å². The molecule has 0 unspecified atom stereocenters. The number of carbonyl (C=O) groups is 1. The van der Waals surface area contributed by atoms with Gasteiger partial charge < -0.3 is 16.8 Å². The minimum atomic E-state index is -0.314. The maximum atomic E-state index is 12.1. The first-order valence-electron chi connectivity index (χ1n) is 5.77. The number of amides is 1. The zero-order valence-electron chi connectivity index (χ0n) is 10.3. The van der Waals surface area contributed by atoms with E-state index in [1.54, 1.807) is 24.3 Å². The first-order valence-corrected chi connectivity index (χ1v) is 5.77. The summed E-state index contributed by atoms with van der Waals surface area (Å²) in [5.74, 6) is 0.0445. The van der Waals surface area contributed by atoms with Gasteiger partial charge in [0, 0.05) is 11.3 Å². The van der Waals surface area contributed by atoms with E-state index in [1.807, 2.05) is 0 Å². The predicted molar refractivity (Wildman–Crippen MR) is 74.9 cm³/mol. The largest absolute Gasteiger partial charge is 0.399 e. The number of hydrogen-bond acceptors (Lipinski definition) is 6. The number of nitrogens with two attached hydrogens (primary N) is 2. The Labute approximate surface area is 113 Å². The number of anilines is 3. The molecule has 0 aliphatic carbocycles. The van der Waals surface area contributed by atoms with Crippen LogP contribution in [0.2, 0.25) is 0 Å². The molecule has 20 heavy (non-hydrogen) atoms. The van der Waals surface area contributed by atoms with Crippen LogP contribution >= 0.6 is 0 Å². The molecule has 6 N–H and O–H groups in total. The Morgan fingerprint density at radius 2 is 1.90 bits per heavy atom. The lowest BCUT2D eigenvalue weighted by Gasteiger charge is -2.06. The van der Waals surface area contributed by atoms with Gasteiger partial charge in [-0.25, -0.2) is 0 Å². The fourth-order valence-corrected chi connectivity index (χ4v) is 1.76. The van der Waals surface area contributed by atoms with Gasteiger partial charge in [-0.05, 0) is 24.3 Å². The average molecular weight is 269 g/mol. The molecule has 0 bridgehead atoms. The average Bonchev–Trinajstić information content (AvgIpc) is 2.87. The molecular weight excluding hydrogens is 258 g/mol. The van der Waals surface area contributed by atoms with E-state index in [2.05, 4.69) is 25.5 Å². The molecule has 2 heterocycles. The Morgan fingerprint density at radius 1 is 1.15 bits per heavy atom. The first kappa shape index (κ1) is 11.9. The lowest BCUT2D eigenvalue weighted by Crippen LogP contribution is -2.14. The lowest BCUT2D eigenvalue weighted by molar-refractivity contribution is 0.102. The lowest BCUT2D eigenvalue weighted by atomic mass is 10.2. The fraction of sp³-hybridized carbons (Fsp3) is 0. The highest BCUT2D eigenvalue weighted by atomic mass is 16.1. The summed E-state index contributed by atoms with van der Waals surface area (Å²) < 4.78 is 0. The molecule has 0 radical (unpaired) electrons. The molecule has 0 aliphatic rings. The van der Waals surface area contributed by atoms with Crippen LogP contribution in [0.15, 0.2) is 30.5 Å². The summed E-state index contributed by atoms with van der Waals surface area (Å²) in [6.07, 6.45) is 1.52. The molecular formula is C12H11N7O. The normalized spacial score (nSPS) is 10.6. The van der Waals surface area contributed by atoms with Gasteiger partial charge in [-0.2, -0.15) is 15.1 Å². The van der Waals surface area contributed by atoms with Crippen LogP contribution in [-0.4, -0.2) is 26.1 Å². The Balaban J connectivity index is 1.94. The highest BCUT2D eigenvalue weighted by molar-refractivity contribution is 6.07. The number of aromatic nitrogens is 4. The maximum absolute atomic E-state index is 12.1. The van der Waals surface area contributed by atoms with Crippen molar-refractivity contribution in [2.24, 2.45) is 0 Å². The molecule has 0 aliphatic heterocycles. The van der Waals surface area contributed by atoms with Gasteiger partial charge in [-0.3, -0.25) is 9.89 Å². The van der Waals surface area contributed by atoms with Gasteiger partial charge >= 0.3 is 0 Å². The molecule has 1 amide bonds. The molecule has 100 valence electrons. The van der Waals surface area contributed by atoms with Crippen LogP contribution in [0.5, 0.6) is 0 Å².